The fourth-order valence-corrected chi connectivity index (χ4v) is 2.69. The first-order chi connectivity index (χ1) is 13.0. The van der Waals surface area contributed by atoms with E-state index in [1.807, 2.05) is 57.2 Å². The average molecular weight is 371 g/mol. The molecule has 146 valence electrons. The quantitative estimate of drug-likeness (QED) is 0.442. The Morgan fingerprint density at radius 3 is 2.19 bits per heavy atom. The molecule has 2 rings (SSSR count). The van der Waals surface area contributed by atoms with Gasteiger partial charge in [0.1, 0.15) is 6.10 Å². The molecule has 0 radical (unpaired) electrons. The van der Waals surface area contributed by atoms with Crippen molar-refractivity contribution in [2.75, 3.05) is 18.0 Å². The summed E-state index contributed by atoms with van der Waals surface area (Å²) in [6.07, 6.45) is -0.303. The summed E-state index contributed by atoms with van der Waals surface area (Å²) >= 11 is 0. The summed E-state index contributed by atoms with van der Waals surface area (Å²) in [4.78, 5) is 14.5. The molecule has 0 saturated carbocycles. The fourth-order valence-electron chi connectivity index (χ4n) is 2.69. The maximum Gasteiger partial charge on any atom is 0.514 e. The van der Waals surface area contributed by atoms with Crippen LogP contribution in [0.25, 0.3) is 0 Å². The van der Waals surface area contributed by atoms with Gasteiger partial charge in [-0.3, -0.25) is 0 Å². The van der Waals surface area contributed by atoms with Gasteiger partial charge in [-0.25, -0.2) is 4.79 Å². The Kier molecular flexibility index (Phi) is 7.99. The van der Waals surface area contributed by atoms with Gasteiger partial charge in [-0.05, 0) is 51.5 Å². The minimum atomic E-state index is -0.717. The van der Waals surface area contributed by atoms with E-state index in [-0.39, 0.29) is 12.2 Å². The Morgan fingerprint density at radius 2 is 1.59 bits per heavy atom. The van der Waals surface area contributed by atoms with Crippen molar-refractivity contribution in [2.45, 2.75) is 46.3 Å². The van der Waals surface area contributed by atoms with Crippen LogP contribution in [0.15, 0.2) is 54.6 Å². The summed E-state index contributed by atoms with van der Waals surface area (Å²) in [6, 6.07) is 17.2. The van der Waals surface area contributed by atoms with Crippen molar-refractivity contribution in [3.63, 3.8) is 0 Å². The summed E-state index contributed by atoms with van der Waals surface area (Å²) in [6.45, 7) is 9.35. The third kappa shape index (κ3) is 6.51. The lowest BCUT2D eigenvalue weighted by molar-refractivity contribution is 0.0580. The van der Waals surface area contributed by atoms with E-state index in [9.17, 15) is 4.79 Å². The molecule has 0 fully saturated rings. The highest BCUT2D eigenvalue weighted by atomic mass is 16.7. The molecule has 0 aromatic heterocycles. The Bertz CT molecular complexity index is 702. The number of para-hydroxylation sites is 3. The molecule has 2 aromatic carbocycles. The Labute approximate surface area is 161 Å². The molecular formula is C22H29NO4. The molecule has 5 heteroatoms. The molecule has 0 saturated heterocycles. The number of rotatable bonds is 9. The SMILES string of the molecule is CCC(CN(CC)c1ccccc1)OC(=O)Oc1ccccc1OC(C)C. The Balaban J connectivity index is 1.99. The molecule has 0 aliphatic carbocycles. The summed E-state index contributed by atoms with van der Waals surface area (Å²) in [7, 11) is 0. The van der Waals surface area contributed by atoms with Crippen molar-refractivity contribution in [3.8, 4) is 11.5 Å². The van der Waals surface area contributed by atoms with Gasteiger partial charge in [0.05, 0.1) is 12.6 Å². The largest absolute Gasteiger partial charge is 0.514 e. The van der Waals surface area contributed by atoms with Crippen molar-refractivity contribution in [2.24, 2.45) is 0 Å². The Hall–Kier alpha value is -2.69. The summed E-state index contributed by atoms with van der Waals surface area (Å²) in [5.41, 5.74) is 1.10. The molecule has 2 aromatic rings. The van der Waals surface area contributed by atoms with Crippen LogP contribution in [0.4, 0.5) is 10.5 Å². The number of carbonyl (C=O) groups excluding carboxylic acids is 1. The van der Waals surface area contributed by atoms with Crippen LogP contribution in [0.1, 0.15) is 34.1 Å². The molecule has 5 nitrogen and oxygen atoms in total. The number of likely N-dealkylation sites (N-methyl/N-ethyl adjacent to an activating group) is 1. The normalized spacial score (nSPS) is 11.7. The highest BCUT2D eigenvalue weighted by molar-refractivity contribution is 5.65. The van der Waals surface area contributed by atoms with Crippen molar-refractivity contribution in [1.82, 2.24) is 0 Å². The number of hydrogen-bond donors (Lipinski definition) is 0. The van der Waals surface area contributed by atoms with E-state index in [1.165, 1.54) is 0 Å². The highest BCUT2D eigenvalue weighted by Gasteiger charge is 2.19. The highest BCUT2D eigenvalue weighted by Crippen LogP contribution is 2.28. The molecule has 0 N–H and O–H groups in total. The second kappa shape index (κ2) is 10.5. The third-order valence-corrected chi connectivity index (χ3v) is 4.05. The molecule has 1 atom stereocenters. The van der Waals surface area contributed by atoms with Gasteiger partial charge in [0, 0.05) is 12.2 Å². The van der Waals surface area contributed by atoms with E-state index in [0.29, 0.717) is 24.5 Å². The minimum Gasteiger partial charge on any atom is -0.487 e. The van der Waals surface area contributed by atoms with Crippen molar-refractivity contribution in [1.29, 1.82) is 0 Å². The Morgan fingerprint density at radius 1 is 0.963 bits per heavy atom. The number of benzene rings is 2. The lowest BCUT2D eigenvalue weighted by Gasteiger charge is -2.27. The molecule has 0 spiro atoms. The van der Waals surface area contributed by atoms with E-state index in [0.717, 1.165) is 12.2 Å². The lowest BCUT2D eigenvalue weighted by atomic mass is 10.2. The standard InChI is InChI=1S/C22H29NO4/c1-5-19(16-23(6-2)18-12-8-7-9-13-18)26-22(24)27-21-15-11-10-14-20(21)25-17(3)4/h7-15,17,19H,5-6,16H2,1-4H3. The van der Waals surface area contributed by atoms with Crippen LogP contribution in [0.3, 0.4) is 0 Å². The lowest BCUT2D eigenvalue weighted by Crippen LogP contribution is -2.35. The smallest absolute Gasteiger partial charge is 0.487 e. The number of nitrogens with zero attached hydrogens (tertiary/aromatic N) is 1. The van der Waals surface area contributed by atoms with Gasteiger partial charge in [0.25, 0.3) is 0 Å². The first kappa shape index (κ1) is 20.6. The molecule has 1 unspecified atom stereocenters. The predicted molar refractivity (Wildman–Crippen MR) is 108 cm³/mol. The maximum absolute atomic E-state index is 12.3. The first-order valence-electron chi connectivity index (χ1n) is 9.47. The van der Waals surface area contributed by atoms with E-state index in [2.05, 4.69) is 11.8 Å². The van der Waals surface area contributed by atoms with Crippen molar-refractivity contribution in [3.05, 3.63) is 54.6 Å². The van der Waals surface area contributed by atoms with Crippen molar-refractivity contribution < 1.29 is 19.0 Å². The molecule has 0 heterocycles. The zero-order valence-electron chi connectivity index (χ0n) is 16.6. The van der Waals surface area contributed by atoms with Crippen LogP contribution in [0, 0.1) is 0 Å². The number of ether oxygens (including phenoxy) is 3. The topological polar surface area (TPSA) is 48.0 Å². The van der Waals surface area contributed by atoms with Crippen LogP contribution < -0.4 is 14.4 Å². The molecule has 0 aliphatic rings. The minimum absolute atomic E-state index is 0.0156. The molecule has 0 amide bonds. The van der Waals surface area contributed by atoms with Crippen LogP contribution in [0.5, 0.6) is 11.5 Å². The van der Waals surface area contributed by atoms with Gasteiger partial charge >= 0.3 is 6.16 Å². The van der Waals surface area contributed by atoms with Crippen molar-refractivity contribution >= 4 is 11.8 Å². The molecule has 27 heavy (non-hydrogen) atoms. The van der Waals surface area contributed by atoms with Gasteiger partial charge in [0.15, 0.2) is 11.5 Å². The summed E-state index contributed by atoms with van der Waals surface area (Å²) < 4.78 is 16.6. The van der Waals surface area contributed by atoms with E-state index >= 15 is 0 Å². The van der Waals surface area contributed by atoms with Crippen LogP contribution in [0.2, 0.25) is 0 Å². The molecule has 0 aliphatic heterocycles. The zero-order valence-corrected chi connectivity index (χ0v) is 16.6. The second-order valence-electron chi connectivity index (χ2n) is 6.49. The van der Waals surface area contributed by atoms with Gasteiger partial charge in [-0.15, -0.1) is 0 Å². The third-order valence-electron chi connectivity index (χ3n) is 4.05. The molecular weight excluding hydrogens is 342 g/mol. The van der Waals surface area contributed by atoms with E-state index in [4.69, 9.17) is 14.2 Å². The first-order valence-corrected chi connectivity index (χ1v) is 9.47. The van der Waals surface area contributed by atoms with E-state index < -0.39 is 6.16 Å². The maximum atomic E-state index is 12.3. The zero-order chi connectivity index (χ0) is 19.6. The second-order valence-corrected chi connectivity index (χ2v) is 6.49. The summed E-state index contributed by atoms with van der Waals surface area (Å²) in [5.74, 6) is 0.887. The van der Waals surface area contributed by atoms with Crippen LogP contribution in [-0.4, -0.2) is 31.5 Å². The summed E-state index contributed by atoms with van der Waals surface area (Å²) in [5, 5.41) is 0. The monoisotopic (exact) mass is 371 g/mol. The van der Waals surface area contributed by atoms with Gasteiger partial charge in [-0.1, -0.05) is 37.3 Å². The molecule has 0 bridgehead atoms. The number of carbonyl (C=O) groups is 1. The van der Waals surface area contributed by atoms with Gasteiger partial charge < -0.3 is 19.1 Å². The predicted octanol–water partition coefficient (Wildman–Crippen LogP) is 5.29. The average Bonchev–Trinajstić information content (AvgIpc) is 2.67. The number of anilines is 1. The van der Waals surface area contributed by atoms with Crippen LogP contribution >= 0.6 is 0 Å². The van der Waals surface area contributed by atoms with Gasteiger partial charge in [-0.2, -0.15) is 0 Å². The van der Waals surface area contributed by atoms with Gasteiger partial charge in [0.2, 0.25) is 0 Å². The van der Waals surface area contributed by atoms with E-state index in [1.54, 1.807) is 18.2 Å². The number of hydrogen-bond acceptors (Lipinski definition) is 5. The fraction of sp³-hybridized carbons (Fsp3) is 0.409. The van der Waals surface area contributed by atoms with Crippen LogP contribution in [-0.2, 0) is 4.74 Å².